The third-order valence-electron chi connectivity index (χ3n) is 2.24. The number of nitrogens with one attached hydrogen (secondary N) is 1. The van der Waals surface area contributed by atoms with Crippen LogP contribution in [0.15, 0.2) is 45.6 Å². The molecule has 1 amide bonds. The van der Waals surface area contributed by atoms with Crippen molar-refractivity contribution in [1.29, 1.82) is 0 Å². The second-order valence-corrected chi connectivity index (χ2v) is 5.28. The molecule has 0 bridgehead atoms. The first kappa shape index (κ1) is 13.0. The lowest BCUT2D eigenvalue weighted by Crippen LogP contribution is -2.14. The third kappa shape index (κ3) is 3.08. The summed E-state index contributed by atoms with van der Waals surface area (Å²) in [6.07, 6.45) is 1.57. The number of anilines is 2. The van der Waals surface area contributed by atoms with Crippen molar-refractivity contribution < 1.29 is 4.79 Å². The largest absolute Gasteiger partial charge is 0.398 e. The maximum atomic E-state index is 12.0. The van der Waals surface area contributed by atoms with Crippen molar-refractivity contribution in [2.75, 3.05) is 11.1 Å². The van der Waals surface area contributed by atoms with Gasteiger partial charge in [0.15, 0.2) is 0 Å². The number of nitrogens with two attached hydrogens (primary N) is 1. The van der Waals surface area contributed by atoms with Gasteiger partial charge in [-0.2, -0.15) is 0 Å². The van der Waals surface area contributed by atoms with E-state index >= 15 is 0 Å². The van der Waals surface area contributed by atoms with Crippen LogP contribution in [0.3, 0.4) is 0 Å². The Morgan fingerprint density at radius 1 is 1.22 bits per heavy atom. The van der Waals surface area contributed by atoms with Gasteiger partial charge in [0.1, 0.15) is 4.60 Å². The number of carbonyl (C=O) groups excluding carboxylic acids is 1. The van der Waals surface area contributed by atoms with Crippen molar-refractivity contribution in [2.45, 2.75) is 0 Å². The SMILES string of the molecule is Nc1cc(Br)ccc1C(=O)Nc1ccc(Br)nc1. The summed E-state index contributed by atoms with van der Waals surface area (Å²) in [5.41, 5.74) is 7.26. The van der Waals surface area contributed by atoms with Crippen molar-refractivity contribution in [3.8, 4) is 0 Å². The molecule has 6 heteroatoms. The van der Waals surface area contributed by atoms with E-state index in [1.54, 1.807) is 36.5 Å². The van der Waals surface area contributed by atoms with Crippen LogP contribution in [-0.4, -0.2) is 10.9 Å². The molecule has 0 aliphatic carbocycles. The van der Waals surface area contributed by atoms with E-state index in [-0.39, 0.29) is 5.91 Å². The van der Waals surface area contributed by atoms with Gasteiger partial charge in [0.25, 0.3) is 5.91 Å². The summed E-state index contributed by atoms with van der Waals surface area (Å²) in [6, 6.07) is 8.63. The smallest absolute Gasteiger partial charge is 0.257 e. The standard InChI is InChI=1S/C12H9Br2N3O/c13-7-1-3-9(10(15)5-7)12(18)17-8-2-4-11(14)16-6-8/h1-6H,15H2,(H,17,18). The minimum absolute atomic E-state index is 0.260. The summed E-state index contributed by atoms with van der Waals surface area (Å²) in [7, 11) is 0. The van der Waals surface area contributed by atoms with Crippen molar-refractivity contribution >= 4 is 49.1 Å². The van der Waals surface area contributed by atoms with Crippen LogP contribution >= 0.6 is 31.9 Å². The molecule has 92 valence electrons. The molecule has 2 rings (SSSR count). The first-order valence-electron chi connectivity index (χ1n) is 5.04. The number of nitrogen functional groups attached to an aromatic ring is 1. The summed E-state index contributed by atoms with van der Waals surface area (Å²) < 4.78 is 1.55. The van der Waals surface area contributed by atoms with Gasteiger partial charge in [-0.25, -0.2) is 4.98 Å². The Kier molecular flexibility index (Phi) is 3.98. The zero-order valence-corrected chi connectivity index (χ0v) is 12.3. The average molecular weight is 371 g/mol. The normalized spacial score (nSPS) is 10.1. The molecule has 1 aromatic carbocycles. The quantitative estimate of drug-likeness (QED) is 0.628. The number of aromatic nitrogens is 1. The molecule has 0 unspecified atom stereocenters. The van der Waals surface area contributed by atoms with Crippen LogP contribution in [0.2, 0.25) is 0 Å². The zero-order chi connectivity index (χ0) is 13.1. The lowest BCUT2D eigenvalue weighted by atomic mass is 10.1. The van der Waals surface area contributed by atoms with Crippen LogP contribution in [0.25, 0.3) is 0 Å². The number of rotatable bonds is 2. The van der Waals surface area contributed by atoms with Gasteiger partial charge in [0.2, 0.25) is 0 Å². The Hall–Kier alpha value is -1.40. The number of halogens is 2. The van der Waals surface area contributed by atoms with E-state index in [9.17, 15) is 4.79 Å². The van der Waals surface area contributed by atoms with Crippen molar-refractivity contribution in [3.63, 3.8) is 0 Å². The highest BCUT2D eigenvalue weighted by Gasteiger charge is 2.10. The van der Waals surface area contributed by atoms with Crippen molar-refractivity contribution in [2.24, 2.45) is 0 Å². The van der Waals surface area contributed by atoms with E-state index in [0.29, 0.717) is 21.5 Å². The van der Waals surface area contributed by atoms with Gasteiger partial charge in [0.05, 0.1) is 17.4 Å². The van der Waals surface area contributed by atoms with Crippen LogP contribution in [0.5, 0.6) is 0 Å². The molecule has 0 atom stereocenters. The fraction of sp³-hybridized carbons (Fsp3) is 0. The summed E-state index contributed by atoms with van der Waals surface area (Å²) in [5.74, 6) is -0.260. The molecule has 4 nitrogen and oxygen atoms in total. The zero-order valence-electron chi connectivity index (χ0n) is 9.15. The highest BCUT2D eigenvalue weighted by Crippen LogP contribution is 2.20. The number of carbonyl (C=O) groups is 1. The second-order valence-electron chi connectivity index (χ2n) is 3.56. The average Bonchev–Trinajstić information content (AvgIpc) is 2.32. The lowest BCUT2D eigenvalue weighted by molar-refractivity contribution is 0.102. The van der Waals surface area contributed by atoms with Crippen LogP contribution in [0.1, 0.15) is 10.4 Å². The van der Waals surface area contributed by atoms with E-state index in [2.05, 4.69) is 42.2 Å². The van der Waals surface area contributed by atoms with E-state index in [1.807, 2.05) is 0 Å². The molecule has 1 aromatic heterocycles. The van der Waals surface area contributed by atoms with Crippen molar-refractivity contribution in [3.05, 3.63) is 51.2 Å². The minimum atomic E-state index is -0.260. The maximum absolute atomic E-state index is 12.0. The highest BCUT2D eigenvalue weighted by molar-refractivity contribution is 9.10. The fourth-order valence-corrected chi connectivity index (χ4v) is 2.00. The fourth-order valence-electron chi connectivity index (χ4n) is 1.39. The number of pyridine rings is 1. The van der Waals surface area contributed by atoms with E-state index in [1.165, 1.54) is 0 Å². The molecule has 0 spiro atoms. The predicted octanol–water partition coefficient (Wildman–Crippen LogP) is 3.44. The minimum Gasteiger partial charge on any atom is -0.398 e. The number of amides is 1. The Morgan fingerprint density at radius 2 is 2.00 bits per heavy atom. The molecule has 1 heterocycles. The van der Waals surface area contributed by atoms with Gasteiger partial charge in [0, 0.05) is 10.2 Å². The van der Waals surface area contributed by atoms with E-state index in [0.717, 1.165) is 4.47 Å². The Labute approximate surface area is 121 Å². The highest BCUT2D eigenvalue weighted by atomic mass is 79.9. The summed E-state index contributed by atoms with van der Waals surface area (Å²) in [5, 5.41) is 2.73. The maximum Gasteiger partial charge on any atom is 0.257 e. The van der Waals surface area contributed by atoms with Gasteiger partial charge in [-0.3, -0.25) is 4.79 Å². The molecular weight excluding hydrogens is 362 g/mol. The van der Waals surface area contributed by atoms with Crippen LogP contribution in [0, 0.1) is 0 Å². The molecule has 3 N–H and O–H groups in total. The molecule has 0 saturated heterocycles. The Bertz CT molecular complexity index is 584. The first-order chi connectivity index (χ1) is 8.56. The molecule has 2 aromatic rings. The predicted molar refractivity (Wildman–Crippen MR) is 78.4 cm³/mol. The molecule has 0 fully saturated rings. The molecule has 0 saturated carbocycles. The van der Waals surface area contributed by atoms with Gasteiger partial charge in [-0.15, -0.1) is 0 Å². The van der Waals surface area contributed by atoms with Gasteiger partial charge < -0.3 is 11.1 Å². The number of hydrogen-bond acceptors (Lipinski definition) is 3. The van der Waals surface area contributed by atoms with Crippen LogP contribution in [-0.2, 0) is 0 Å². The molecule has 0 aliphatic rings. The van der Waals surface area contributed by atoms with Crippen molar-refractivity contribution in [1.82, 2.24) is 4.98 Å². The molecule has 0 aliphatic heterocycles. The molecule has 18 heavy (non-hydrogen) atoms. The topological polar surface area (TPSA) is 68.0 Å². The number of nitrogens with zero attached hydrogens (tertiary/aromatic N) is 1. The number of benzene rings is 1. The first-order valence-corrected chi connectivity index (χ1v) is 6.63. The Balaban J connectivity index is 2.19. The van der Waals surface area contributed by atoms with Crippen LogP contribution in [0.4, 0.5) is 11.4 Å². The number of hydrogen-bond donors (Lipinski definition) is 2. The van der Waals surface area contributed by atoms with Crippen LogP contribution < -0.4 is 11.1 Å². The monoisotopic (exact) mass is 369 g/mol. The van der Waals surface area contributed by atoms with Gasteiger partial charge in [-0.05, 0) is 46.3 Å². The Morgan fingerprint density at radius 3 is 2.61 bits per heavy atom. The lowest BCUT2D eigenvalue weighted by Gasteiger charge is -2.07. The van der Waals surface area contributed by atoms with Gasteiger partial charge in [-0.1, -0.05) is 15.9 Å². The van der Waals surface area contributed by atoms with Gasteiger partial charge >= 0.3 is 0 Å². The summed E-state index contributed by atoms with van der Waals surface area (Å²) in [4.78, 5) is 16.0. The summed E-state index contributed by atoms with van der Waals surface area (Å²) >= 11 is 6.52. The third-order valence-corrected chi connectivity index (χ3v) is 3.21. The van der Waals surface area contributed by atoms with E-state index in [4.69, 9.17) is 5.73 Å². The summed E-state index contributed by atoms with van der Waals surface area (Å²) in [6.45, 7) is 0. The molecule has 0 radical (unpaired) electrons. The second kappa shape index (κ2) is 5.49. The molecular formula is C12H9Br2N3O. The van der Waals surface area contributed by atoms with E-state index < -0.39 is 0 Å².